The van der Waals surface area contributed by atoms with E-state index >= 15 is 8.78 Å². The Labute approximate surface area is 225 Å². The number of benzene rings is 2. The van der Waals surface area contributed by atoms with Crippen molar-refractivity contribution in [3.63, 3.8) is 0 Å². The summed E-state index contributed by atoms with van der Waals surface area (Å²) in [5, 5.41) is 10.5. The summed E-state index contributed by atoms with van der Waals surface area (Å²) < 4.78 is 65.3. The molecule has 6 rings (SSSR count). The third-order valence-corrected chi connectivity index (χ3v) is 11.9. The molecule has 0 bridgehead atoms. The Hall–Kier alpha value is -2.82. The molecule has 1 aromatic heterocycles. The number of aromatic amines is 1. The number of hydrogen-bond donors (Lipinski definition) is 2. The van der Waals surface area contributed by atoms with Crippen molar-refractivity contribution >= 4 is 10.0 Å². The van der Waals surface area contributed by atoms with Crippen LogP contribution in [-0.4, -0.2) is 34.5 Å². The number of nitrogens with zero attached hydrogens (tertiary/aromatic N) is 1. The summed E-state index contributed by atoms with van der Waals surface area (Å²) in [7, 11) is -3.83. The zero-order valence-electron chi connectivity index (χ0n) is 21.9. The standard InChI is InChI=1S/C29H32F2N2O5S/c1-18-8-9-24(19-6-4-3-5-7-19)39(36,37)33(18)15-20-12-23(31)21(13-22(20)30)28(25-14-32-26(34)38-25)16-29(35,17-28)27(2)10-11-27/h3-7,12-14,18,24,35H,8-11,15-17H2,1-2H3,(H,32,34)/t18-,24+,28?,29?/m0/s1. The van der Waals surface area contributed by atoms with E-state index in [2.05, 4.69) is 4.98 Å². The van der Waals surface area contributed by atoms with Gasteiger partial charge in [0.05, 0.1) is 11.0 Å². The zero-order chi connectivity index (χ0) is 27.8. The van der Waals surface area contributed by atoms with Gasteiger partial charge in [-0.05, 0) is 68.6 Å². The van der Waals surface area contributed by atoms with Crippen LogP contribution >= 0.6 is 0 Å². The van der Waals surface area contributed by atoms with E-state index in [-0.39, 0.29) is 47.7 Å². The van der Waals surface area contributed by atoms with Crippen LogP contribution in [-0.2, 0) is 22.0 Å². The van der Waals surface area contributed by atoms with E-state index in [1.807, 2.05) is 13.0 Å². The molecule has 3 fully saturated rings. The van der Waals surface area contributed by atoms with Crippen molar-refractivity contribution in [2.45, 2.75) is 81.2 Å². The summed E-state index contributed by atoms with van der Waals surface area (Å²) in [6.45, 7) is 3.44. The summed E-state index contributed by atoms with van der Waals surface area (Å²) in [5.74, 6) is -2.06. The fourth-order valence-corrected chi connectivity index (χ4v) is 8.83. The van der Waals surface area contributed by atoms with Crippen LogP contribution in [0.3, 0.4) is 0 Å². The molecule has 2 heterocycles. The molecule has 2 aromatic carbocycles. The molecule has 1 saturated heterocycles. The molecule has 208 valence electrons. The van der Waals surface area contributed by atoms with Crippen molar-refractivity contribution in [2.24, 2.45) is 5.41 Å². The van der Waals surface area contributed by atoms with E-state index < -0.39 is 43.7 Å². The highest BCUT2D eigenvalue weighted by Gasteiger charge is 2.68. The first kappa shape index (κ1) is 26.4. The van der Waals surface area contributed by atoms with Crippen LogP contribution in [0.1, 0.15) is 80.1 Å². The molecule has 3 aromatic rings. The molecule has 1 aliphatic heterocycles. The number of halogens is 2. The summed E-state index contributed by atoms with van der Waals surface area (Å²) in [6, 6.07) is 10.7. The van der Waals surface area contributed by atoms with Gasteiger partial charge in [-0.1, -0.05) is 37.3 Å². The van der Waals surface area contributed by atoms with Gasteiger partial charge in [0.15, 0.2) is 0 Å². The molecular weight excluding hydrogens is 526 g/mol. The summed E-state index contributed by atoms with van der Waals surface area (Å²) in [6.07, 6.45) is 4.22. The molecule has 2 atom stereocenters. The molecule has 0 spiro atoms. The van der Waals surface area contributed by atoms with Crippen LogP contribution in [0.4, 0.5) is 8.78 Å². The highest BCUT2D eigenvalue weighted by molar-refractivity contribution is 7.89. The van der Waals surface area contributed by atoms with Crippen molar-refractivity contribution in [1.82, 2.24) is 9.29 Å². The normalized spacial score (nSPS) is 31.5. The Kier molecular flexibility index (Phi) is 5.99. The van der Waals surface area contributed by atoms with E-state index in [9.17, 15) is 18.3 Å². The second-order valence-electron chi connectivity index (χ2n) is 11.9. The van der Waals surface area contributed by atoms with Crippen molar-refractivity contribution in [3.8, 4) is 0 Å². The van der Waals surface area contributed by atoms with Crippen molar-refractivity contribution in [2.75, 3.05) is 0 Å². The predicted molar refractivity (Wildman–Crippen MR) is 140 cm³/mol. The molecule has 0 amide bonds. The zero-order valence-corrected chi connectivity index (χ0v) is 22.7. The number of aliphatic hydroxyl groups is 1. The van der Waals surface area contributed by atoms with E-state index in [4.69, 9.17) is 4.42 Å². The lowest BCUT2D eigenvalue weighted by Crippen LogP contribution is -2.59. The second kappa shape index (κ2) is 8.84. The van der Waals surface area contributed by atoms with Gasteiger partial charge in [0, 0.05) is 29.9 Å². The molecule has 10 heteroatoms. The number of sulfonamides is 1. The number of rotatable bonds is 6. The molecule has 2 aliphatic carbocycles. The van der Waals surface area contributed by atoms with E-state index in [0.29, 0.717) is 18.4 Å². The summed E-state index contributed by atoms with van der Waals surface area (Å²) in [5.41, 5.74) is -2.03. The van der Waals surface area contributed by atoms with Gasteiger partial charge in [-0.2, -0.15) is 4.31 Å². The smallest absolute Gasteiger partial charge is 0.412 e. The minimum atomic E-state index is -3.83. The predicted octanol–water partition coefficient (Wildman–Crippen LogP) is 4.91. The number of aromatic nitrogens is 1. The van der Waals surface area contributed by atoms with Gasteiger partial charge in [0.1, 0.15) is 22.6 Å². The van der Waals surface area contributed by atoms with Gasteiger partial charge in [-0.15, -0.1) is 0 Å². The van der Waals surface area contributed by atoms with Gasteiger partial charge in [0.2, 0.25) is 10.0 Å². The topological polar surface area (TPSA) is 104 Å². The number of oxazole rings is 1. The summed E-state index contributed by atoms with van der Waals surface area (Å²) in [4.78, 5) is 14.2. The van der Waals surface area contributed by atoms with E-state index in [1.54, 1.807) is 31.2 Å². The van der Waals surface area contributed by atoms with Crippen LogP contribution in [0.2, 0.25) is 0 Å². The highest BCUT2D eigenvalue weighted by Crippen LogP contribution is 2.68. The molecule has 0 radical (unpaired) electrons. The van der Waals surface area contributed by atoms with E-state index in [0.717, 1.165) is 25.0 Å². The number of H-pyrrole nitrogens is 1. The summed E-state index contributed by atoms with van der Waals surface area (Å²) >= 11 is 0. The molecule has 39 heavy (non-hydrogen) atoms. The Morgan fingerprint density at radius 3 is 2.41 bits per heavy atom. The third kappa shape index (κ3) is 4.10. The Balaban J connectivity index is 1.34. The fourth-order valence-electron chi connectivity index (χ4n) is 6.64. The van der Waals surface area contributed by atoms with Crippen LogP contribution in [0.25, 0.3) is 0 Å². The molecule has 0 unspecified atom stereocenters. The van der Waals surface area contributed by atoms with Gasteiger partial charge in [-0.25, -0.2) is 22.0 Å². The van der Waals surface area contributed by atoms with Crippen molar-refractivity contribution < 1.29 is 26.7 Å². The average Bonchev–Trinajstić information content (AvgIpc) is 3.48. The van der Waals surface area contributed by atoms with Crippen LogP contribution in [0.15, 0.2) is 57.9 Å². The first-order chi connectivity index (χ1) is 18.4. The lowest BCUT2D eigenvalue weighted by Gasteiger charge is -2.55. The Bertz CT molecular complexity index is 1570. The monoisotopic (exact) mass is 558 g/mol. The first-order valence-corrected chi connectivity index (χ1v) is 14.8. The highest BCUT2D eigenvalue weighted by atomic mass is 32.2. The molecule has 2 saturated carbocycles. The second-order valence-corrected chi connectivity index (χ2v) is 14.0. The maximum atomic E-state index is 15.8. The van der Waals surface area contributed by atoms with Gasteiger partial charge in [0.25, 0.3) is 0 Å². The maximum absolute atomic E-state index is 15.8. The van der Waals surface area contributed by atoms with Crippen LogP contribution in [0, 0.1) is 17.0 Å². The Morgan fingerprint density at radius 1 is 1.10 bits per heavy atom. The largest absolute Gasteiger partial charge is 0.416 e. The van der Waals surface area contributed by atoms with Crippen LogP contribution < -0.4 is 5.76 Å². The van der Waals surface area contributed by atoms with Crippen LogP contribution in [0.5, 0.6) is 0 Å². The lowest BCUT2D eigenvalue weighted by molar-refractivity contribution is -0.132. The maximum Gasteiger partial charge on any atom is 0.416 e. The SMILES string of the molecule is C[C@H]1CC[C@H](c2ccccc2)S(=O)(=O)N1Cc1cc(F)c(C2(c3c[nH]c(=O)o3)CC(O)(C3(C)CC3)C2)cc1F. The Morgan fingerprint density at radius 2 is 1.79 bits per heavy atom. The molecular formula is C29H32F2N2O5S. The average molecular weight is 559 g/mol. The third-order valence-electron chi connectivity index (χ3n) is 9.48. The van der Waals surface area contributed by atoms with Crippen molar-refractivity contribution in [1.29, 1.82) is 0 Å². The van der Waals surface area contributed by atoms with Gasteiger partial charge >= 0.3 is 5.76 Å². The quantitative estimate of drug-likeness (QED) is 0.447. The minimum absolute atomic E-state index is 0.0165. The van der Waals surface area contributed by atoms with Gasteiger partial charge in [-0.3, -0.25) is 4.98 Å². The number of hydrogen-bond acceptors (Lipinski definition) is 5. The minimum Gasteiger partial charge on any atom is -0.412 e. The van der Waals surface area contributed by atoms with Crippen molar-refractivity contribution in [3.05, 3.63) is 93.3 Å². The molecule has 7 nitrogen and oxygen atoms in total. The van der Waals surface area contributed by atoms with Gasteiger partial charge < -0.3 is 9.52 Å². The first-order valence-electron chi connectivity index (χ1n) is 13.3. The lowest BCUT2D eigenvalue weighted by atomic mass is 9.51. The van der Waals surface area contributed by atoms with E-state index in [1.165, 1.54) is 10.5 Å². The number of nitrogens with one attached hydrogen (secondary N) is 1. The molecule has 2 N–H and O–H groups in total. The fraction of sp³-hybridized carbons (Fsp3) is 0.483. The molecule has 3 aliphatic rings.